The van der Waals surface area contributed by atoms with Crippen LogP contribution in [0.5, 0.6) is 11.5 Å². The normalized spacial score (nSPS) is 21.0. The van der Waals surface area contributed by atoms with Crippen molar-refractivity contribution in [1.29, 1.82) is 0 Å². The molecule has 1 aromatic heterocycles. The molecule has 0 bridgehead atoms. The minimum atomic E-state index is -0.429. The van der Waals surface area contributed by atoms with E-state index in [1.807, 2.05) is 12.1 Å². The lowest BCUT2D eigenvalue weighted by Gasteiger charge is -2.28. The molecule has 0 aliphatic carbocycles. The van der Waals surface area contributed by atoms with Gasteiger partial charge in [-0.3, -0.25) is 9.89 Å². The molecule has 0 saturated carbocycles. The molecule has 2 aliphatic rings. The maximum Gasteiger partial charge on any atom is 0.273 e. The fraction of sp³-hybridized carbons (Fsp3) is 0.273. The molecule has 2 aromatic carbocycles. The Hall–Kier alpha value is -3.32. The third-order valence-corrected chi connectivity index (χ3v) is 5.63. The van der Waals surface area contributed by atoms with Crippen molar-refractivity contribution >= 4 is 5.91 Å². The van der Waals surface area contributed by atoms with Gasteiger partial charge in [-0.2, -0.15) is 5.10 Å². The molecule has 29 heavy (non-hydrogen) atoms. The van der Waals surface area contributed by atoms with Gasteiger partial charge in [0.2, 0.25) is 0 Å². The Morgan fingerprint density at radius 2 is 2.03 bits per heavy atom. The van der Waals surface area contributed by atoms with Gasteiger partial charge >= 0.3 is 0 Å². The monoisotopic (exact) mass is 391 g/mol. The standard InChI is InChI=1S/C22H21N3O4/c26-14-6-3-5-13(11-14)21-18-19(16-8-1-2-9-17(16)27)23-24-20(18)22(28)25(21)12-15-7-4-10-29-15/h1-3,5-6,8-9,11,15,21,26-27H,4,7,10,12H2,(H,23,24)/t15-,21+/m1/s1. The first-order chi connectivity index (χ1) is 14.1. The molecule has 1 amide bonds. The summed E-state index contributed by atoms with van der Waals surface area (Å²) in [6.45, 7) is 1.17. The van der Waals surface area contributed by atoms with Crippen LogP contribution in [0, 0.1) is 0 Å². The lowest BCUT2D eigenvalue weighted by Crippen LogP contribution is -2.36. The minimum Gasteiger partial charge on any atom is -0.508 e. The van der Waals surface area contributed by atoms with Crippen molar-refractivity contribution in [2.45, 2.75) is 25.0 Å². The SMILES string of the molecule is O=C1c2[nH]nc(-c3ccccc3O)c2[C@H](c2cccc(O)c2)N1C[C@H]1CCCO1. The third-order valence-electron chi connectivity index (χ3n) is 5.63. The van der Waals surface area contributed by atoms with E-state index in [-0.39, 0.29) is 23.5 Å². The van der Waals surface area contributed by atoms with Gasteiger partial charge < -0.3 is 19.8 Å². The first kappa shape index (κ1) is 17.8. The summed E-state index contributed by atoms with van der Waals surface area (Å²) < 4.78 is 5.77. The van der Waals surface area contributed by atoms with Gasteiger partial charge in [0, 0.05) is 24.3 Å². The molecule has 0 spiro atoms. The van der Waals surface area contributed by atoms with Crippen LogP contribution in [0.4, 0.5) is 0 Å². The summed E-state index contributed by atoms with van der Waals surface area (Å²) in [7, 11) is 0. The van der Waals surface area contributed by atoms with Crippen LogP contribution in [0.25, 0.3) is 11.3 Å². The molecule has 0 unspecified atom stereocenters. The number of hydrogen-bond donors (Lipinski definition) is 3. The van der Waals surface area contributed by atoms with Crippen molar-refractivity contribution in [3.63, 3.8) is 0 Å². The van der Waals surface area contributed by atoms with Crippen LogP contribution in [0.2, 0.25) is 0 Å². The number of para-hydroxylation sites is 1. The molecule has 5 rings (SSSR count). The van der Waals surface area contributed by atoms with Gasteiger partial charge in [-0.15, -0.1) is 0 Å². The number of carbonyl (C=O) groups excluding carboxylic acids is 1. The Bertz CT molecular complexity index is 1070. The lowest BCUT2D eigenvalue weighted by atomic mass is 9.95. The molecule has 3 heterocycles. The molecule has 3 aromatic rings. The van der Waals surface area contributed by atoms with Crippen molar-refractivity contribution in [2.24, 2.45) is 0 Å². The molecule has 1 saturated heterocycles. The van der Waals surface area contributed by atoms with Crippen LogP contribution < -0.4 is 0 Å². The highest BCUT2D eigenvalue weighted by Gasteiger charge is 2.43. The number of fused-ring (bicyclic) bond motifs is 1. The second kappa shape index (κ2) is 6.93. The van der Waals surface area contributed by atoms with Crippen LogP contribution in [0.1, 0.15) is 40.5 Å². The smallest absolute Gasteiger partial charge is 0.273 e. The zero-order chi connectivity index (χ0) is 20.0. The van der Waals surface area contributed by atoms with E-state index in [9.17, 15) is 15.0 Å². The number of carbonyl (C=O) groups is 1. The topological polar surface area (TPSA) is 98.7 Å². The molecular formula is C22H21N3O4. The first-order valence-electron chi connectivity index (χ1n) is 9.71. The quantitative estimate of drug-likeness (QED) is 0.634. The number of aromatic nitrogens is 2. The predicted octanol–water partition coefficient (Wildman–Crippen LogP) is 3.21. The number of aromatic amines is 1. The summed E-state index contributed by atoms with van der Waals surface area (Å²) in [5, 5.41) is 27.6. The summed E-state index contributed by atoms with van der Waals surface area (Å²) >= 11 is 0. The highest BCUT2D eigenvalue weighted by Crippen LogP contribution is 2.45. The second-order valence-corrected chi connectivity index (χ2v) is 7.47. The van der Waals surface area contributed by atoms with E-state index in [2.05, 4.69) is 10.2 Å². The fourth-order valence-corrected chi connectivity index (χ4v) is 4.31. The molecule has 0 radical (unpaired) electrons. The van der Waals surface area contributed by atoms with Gasteiger partial charge in [0.1, 0.15) is 22.9 Å². The van der Waals surface area contributed by atoms with Crippen molar-refractivity contribution in [2.75, 3.05) is 13.2 Å². The predicted molar refractivity (Wildman–Crippen MR) is 106 cm³/mol. The summed E-state index contributed by atoms with van der Waals surface area (Å²) in [6, 6.07) is 13.4. The zero-order valence-corrected chi connectivity index (χ0v) is 15.7. The van der Waals surface area contributed by atoms with Gasteiger partial charge in [0.15, 0.2) is 0 Å². The first-order valence-corrected chi connectivity index (χ1v) is 9.71. The largest absolute Gasteiger partial charge is 0.508 e. The number of rotatable bonds is 4. The molecule has 7 heteroatoms. The number of phenolic OH excluding ortho intramolecular Hbond substituents is 2. The average Bonchev–Trinajstić information content (AvgIpc) is 3.42. The summed E-state index contributed by atoms with van der Waals surface area (Å²) in [4.78, 5) is 15.0. The number of nitrogens with zero attached hydrogens (tertiary/aromatic N) is 2. The third kappa shape index (κ3) is 2.94. The number of hydrogen-bond acceptors (Lipinski definition) is 5. The molecule has 3 N–H and O–H groups in total. The highest BCUT2D eigenvalue weighted by molar-refractivity contribution is 6.00. The molecule has 2 aliphatic heterocycles. The molecule has 1 fully saturated rings. The van der Waals surface area contributed by atoms with Gasteiger partial charge in [-0.25, -0.2) is 0 Å². The van der Waals surface area contributed by atoms with Crippen LogP contribution in [-0.2, 0) is 4.74 Å². The summed E-state index contributed by atoms with van der Waals surface area (Å²) in [5.41, 5.74) is 3.00. The second-order valence-electron chi connectivity index (χ2n) is 7.47. The van der Waals surface area contributed by atoms with E-state index in [4.69, 9.17) is 4.74 Å². The lowest BCUT2D eigenvalue weighted by molar-refractivity contribution is 0.0495. The van der Waals surface area contributed by atoms with Crippen molar-refractivity contribution in [1.82, 2.24) is 15.1 Å². The van der Waals surface area contributed by atoms with Crippen LogP contribution >= 0.6 is 0 Å². The van der Waals surface area contributed by atoms with Gasteiger partial charge in [-0.05, 0) is 42.7 Å². The summed E-state index contributed by atoms with van der Waals surface area (Å²) in [6.07, 6.45) is 1.89. The minimum absolute atomic E-state index is 0.00991. The van der Waals surface area contributed by atoms with Crippen LogP contribution in [0.3, 0.4) is 0 Å². The highest BCUT2D eigenvalue weighted by atomic mass is 16.5. The number of phenols is 2. The van der Waals surface area contributed by atoms with E-state index >= 15 is 0 Å². The van der Waals surface area contributed by atoms with Crippen LogP contribution in [0.15, 0.2) is 48.5 Å². The number of ether oxygens (including phenoxy) is 1. The maximum atomic E-state index is 13.3. The van der Waals surface area contributed by atoms with E-state index < -0.39 is 6.04 Å². The number of nitrogens with one attached hydrogen (secondary N) is 1. The number of amides is 1. The Balaban J connectivity index is 1.65. The van der Waals surface area contributed by atoms with E-state index in [0.717, 1.165) is 18.4 Å². The molecule has 7 nitrogen and oxygen atoms in total. The van der Waals surface area contributed by atoms with E-state index in [1.165, 1.54) is 0 Å². The molecule has 148 valence electrons. The number of benzene rings is 2. The van der Waals surface area contributed by atoms with Crippen molar-refractivity contribution in [3.05, 3.63) is 65.4 Å². The number of aromatic hydroxyl groups is 2. The maximum absolute atomic E-state index is 13.3. The molecular weight excluding hydrogens is 370 g/mol. The van der Waals surface area contributed by atoms with Gasteiger partial charge in [-0.1, -0.05) is 24.3 Å². The Morgan fingerprint density at radius 3 is 2.79 bits per heavy atom. The fourth-order valence-electron chi connectivity index (χ4n) is 4.31. The Morgan fingerprint density at radius 1 is 1.17 bits per heavy atom. The Labute approximate surface area is 167 Å². The van der Waals surface area contributed by atoms with Gasteiger partial charge in [0.05, 0.1) is 12.1 Å². The number of H-pyrrole nitrogens is 1. The molecule has 2 atom stereocenters. The van der Waals surface area contributed by atoms with Crippen LogP contribution in [-0.4, -0.2) is 50.5 Å². The van der Waals surface area contributed by atoms with E-state index in [0.29, 0.717) is 35.7 Å². The van der Waals surface area contributed by atoms with Gasteiger partial charge in [0.25, 0.3) is 5.91 Å². The Kier molecular flexibility index (Phi) is 4.24. The van der Waals surface area contributed by atoms with Crippen molar-refractivity contribution in [3.8, 4) is 22.8 Å². The average molecular weight is 391 g/mol. The summed E-state index contributed by atoms with van der Waals surface area (Å²) in [5.74, 6) is 0.0765. The zero-order valence-electron chi connectivity index (χ0n) is 15.7. The van der Waals surface area contributed by atoms with E-state index in [1.54, 1.807) is 41.3 Å². The van der Waals surface area contributed by atoms with Crippen molar-refractivity contribution < 1.29 is 19.7 Å².